The maximum Gasteiger partial charge on any atom is 0.446 e. The molecule has 0 aromatic heterocycles. The Morgan fingerprint density at radius 1 is 1.27 bits per heavy atom. The fourth-order valence-corrected chi connectivity index (χ4v) is 1.20. The van der Waals surface area contributed by atoms with Crippen LogP contribution in [0, 0.1) is 0 Å². The number of hydrogen-bond donors (Lipinski definition) is 2. The van der Waals surface area contributed by atoms with Crippen molar-refractivity contribution in [1.82, 2.24) is 0 Å². The second-order valence-electron chi connectivity index (χ2n) is 2.31. The number of carbonyl (C=O) groups is 1. The Labute approximate surface area is 96.6 Å². The zero-order valence-electron chi connectivity index (χ0n) is 6.75. The van der Waals surface area contributed by atoms with Crippen LogP contribution >= 0.6 is 0 Å². The minimum atomic E-state index is -4.70. The molecule has 0 fully saturated rings. The summed E-state index contributed by atoms with van der Waals surface area (Å²) < 4.78 is 33.0. The van der Waals surface area contributed by atoms with E-state index >= 15 is 0 Å². The molecule has 0 saturated heterocycles. The smallest absolute Gasteiger partial charge is 0.446 e. The number of para-hydroxylation sites is 1. The summed E-state index contributed by atoms with van der Waals surface area (Å²) in [5, 5.41) is 8.61. The topological polar surface area (TPSA) is 101 Å². The van der Waals surface area contributed by atoms with E-state index in [2.05, 4.69) is 4.18 Å². The number of hydrogen-bond acceptors (Lipinski definition) is 4. The number of carboxylic acids is 1. The molecule has 0 bridgehead atoms. The summed E-state index contributed by atoms with van der Waals surface area (Å²) in [7, 11) is -4.70. The molecule has 82 valence electrons. The maximum absolute atomic E-state index is 10.6. The SMILES string of the molecule is O=C(O)c1ccccc1OS(=O)(=O)O.[AlH3]. The van der Waals surface area contributed by atoms with Crippen molar-refractivity contribution in [1.29, 1.82) is 0 Å². The van der Waals surface area contributed by atoms with Crippen LogP contribution in [0.2, 0.25) is 0 Å². The Bertz CT molecular complexity index is 454. The van der Waals surface area contributed by atoms with E-state index in [-0.39, 0.29) is 22.9 Å². The van der Waals surface area contributed by atoms with Gasteiger partial charge in [0.25, 0.3) is 0 Å². The van der Waals surface area contributed by atoms with Crippen LogP contribution in [-0.2, 0) is 10.4 Å². The first-order valence-electron chi connectivity index (χ1n) is 3.39. The minimum absolute atomic E-state index is 0. The Morgan fingerprint density at radius 2 is 1.80 bits per heavy atom. The van der Waals surface area contributed by atoms with Crippen LogP contribution in [0.5, 0.6) is 5.75 Å². The molecule has 1 aromatic rings. The van der Waals surface area contributed by atoms with Gasteiger partial charge in [-0.3, -0.25) is 4.55 Å². The van der Waals surface area contributed by atoms with Crippen LogP contribution in [0.3, 0.4) is 0 Å². The van der Waals surface area contributed by atoms with E-state index < -0.39 is 22.1 Å². The van der Waals surface area contributed by atoms with Crippen LogP contribution < -0.4 is 4.18 Å². The monoisotopic (exact) mass is 248 g/mol. The second kappa shape index (κ2) is 5.14. The third-order valence-corrected chi connectivity index (χ3v) is 1.70. The Morgan fingerprint density at radius 3 is 2.27 bits per heavy atom. The van der Waals surface area contributed by atoms with Gasteiger partial charge in [-0.1, -0.05) is 12.1 Å². The molecular formula is C7H9AlO6S. The standard InChI is InChI=1S/C7H6O6S.Al.3H/c8-7(9)5-3-1-2-4-6(5)13-14(10,11)12;;;;/h1-4H,(H,8,9)(H,10,11,12);;;;. The molecule has 0 amide bonds. The lowest BCUT2D eigenvalue weighted by atomic mass is 10.2. The molecule has 0 saturated carbocycles. The van der Waals surface area contributed by atoms with Gasteiger partial charge in [0.2, 0.25) is 0 Å². The van der Waals surface area contributed by atoms with Gasteiger partial charge in [0, 0.05) is 0 Å². The minimum Gasteiger partial charge on any atom is -0.478 e. The zero-order chi connectivity index (χ0) is 10.8. The fraction of sp³-hybridized carbons (Fsp3) is 0. The van der Waals surface area contributed by atoms with Crippen LogP contribution in [0.1, 0.15) is 10.4 Å². The van der Waals surface area contributed by atoms with Gasteiger partial charge in [-0.25, -0.2) is 4.79 Å². The third kappa shape index (κ3) is 4.31. The molecule has 2 N–H and O–H groups in total. The molecule has 0 aliphatic heterocycles. The molecule has 8 heteroatoms. The van der Waals surface area contributed by atoms with Gasteiger partial charge < -0.3 is 9.29 Å². The van der Waals surface area contributed by atoms with E-state index in [0.717, 1.165) is 12.1 Å². The van der Waals surface area contributed by atoms with Gasteiger partial charge >= 0.3 is 16.4 Å². The summed E-state index contributed by atoms with van der Waals surface area (Å²) in [6, 6.07) is 5.06. The van der Waals surface area contributed by atoms with Crippen LogP contribution in [0.4, 0.5) is 0 Å². The molecule has 0 atom stereocenters. The van der Waals surface area contributed by atoms with E-state index in [0.29, 0.717) is 0 Å². The fourth-order valence-electron chi connectivity index (χ4n) is 0.829. The maximum atomic E-state index is 10.6. The highest BCUT2D eigenvalue weighted by atomic mass is 32.3. The zero-order valence-corrected chi connectivity index (χ0v) is 7.56. The summed E-state index contributed by atoms with van der Waals surface area (Å²) in [4.78, 5) is 10.6. The molecule has 0 aliphatic carbocycles. The quantitative estimate of drug-likeness (QED) is 0.546. The van der Waals surface area contributed by atoms with Crippen LogP contribution in [0.25, 0.3) is 0 Å². The summed E-state index contributed by atoms with van der Waals surface area (Å²) in [6.07, 6.45) is 0. The second-order valence-corrected chi connectivity index (χ2v) is 3.33. The number of rotatable bonds is 3. The van der Waals surface area contributed by atoms with Crippen molar-refractivity contribution in [2.45, 2.75) is 0 Å². The molecule has 0 unspecified atom stereocenters. The van der Waals surface area contributed by atoms with Crippen LogP contribution in [-0.4, -0.2) is 41.4 Å². The molecule has 0 radical (unpaired) electrons. The molecule has 1 rings (SSSR count). The number of carboxylic acid groups (broad SMARTS) is 1. The van der Waals surface area contributed by atoms with E-state index in [1.165, 1.54) is 12.1 Å². The third-order valence-electron chi connectivity index (χ3n) is 1.31. The Kier molecular flexibility index (Phi) is 4.77. The van der Waals surface area contributed by atoms with Gasteiger partial charge in [-0.15, -0.1) is 0 Å². The van der Waals surface area contributed by atoms with Gasteiger partial charge in [0.05, 0.1) is 0 Å². The highest BCUT2D eigenvalue weighted by Crippen LogP contribution is 2.18. The Balaban J connectivity index is 0.00000196. The van der Waals surface area contributed by atoms with E-state index in [4.69, 9.17) is 9.66 Å². The van der Waals surface area contributed by atoms with Crippen molar-refractivity contribution in [3.8, 4) is 5.75 Å². The predicted molar refractivity (Wildman–Crippen MR) is 55.5 cm³/mol. The van der Waals surface area contributed by atoms with E-state index in [1.807, 2.05) is 0 Å². The van der Waals surface area contributed by atoms with Crippen molar-refractivity contribution in [2.24, 2.45) is 0 Å². The van der Waals surface area contributed by atoms with Crippen molar-refractivity contribution in [3.05, 3.63) is 29.8 Å². The van der Waals surface area contributed by atoms with Crippen molar-refractivity contribution >= 4 is 33.7 Å². The molecule has 6 nitrogen and oxygen atoms in total. The first-order chi connectivity index (χ1) is 6.40. The number of benzene rings is 1. The first kappa shape index (κ1) is 13.9. The molecule has 0 aliphatic rings. The summed E-state index contributed by atoms with van der Waals surface area (Å²) in [5.74, 6) is -1.77. The molecular weight excluding hydrogens is 239 g/mol. The average Bonchev–Trinajstić information content (AvgIpc) is 2.01. The summed E-state index contributed by atoms with van der Waals surface area (Å²) >= 11 is 0. The number of aromatic carboxylic acids is 1. The highest BCUT2D eigenvalue weighted by molar-refractivity contribution is 7.81. The molecule has 0 heterocycles. The van der Waals surface area contributed by atoms with E-state index in [9.17, 15) is 13.2 Å². The average molecular weight is 248 g/mol. The normalized spacial score (nSPS) is 10.2. The highest BCUT2D eigenvalue weighted by Gasteiger charge is 2.15. The largest absolute Gasteiger partial charge is 0.478 e. The summed E-state index contributed by atoms with van der Waals surface area (Å²) in [5.41, 5.74) is -0.342. The lowest BCUT2D eigenvalue weighted by Gasteiger charge is -2.03. The van der Waals surface area contributed by atoms with Gasteiger partial charge in [-0.2, -0.15) is 8.42 Å². The van der Waals surface area contributed by atoms with Gasteiger partial charge in [-0.05, 0) is 12.1 Å². The van der Waals surface area contributed by atoms with Gasteiger partial charge in [0.1, 0.15) is 5.56 Å². The van der Waals surface area contributed by atoms with Gasteiger partial charge in [0.15, 0.2) is 23.1 Å². The summed E-state index contributed by atoms with van der Waals surface area (Å²) in [6.45, 7) is 0. The molecule has 1 aromatic carbocycles. The van der Waals surface area contributed by atoms with Crippen molar-refractivity contribution in [3.63, 3.8) is 0 Å². The van der Waals surface area contributed by atoms with Crippen molar-refractivity contribution < 1.29 is 27.1 Å². The van der Waals surface area contributed by atoms with E-state index in [1.54, 1.807) is 0 Å². The predicted octanol–water partition coefficient (Wildman–Crippen LogP) is -0.618. The van der Waals surface area contributed by atoms with Crippen LogP contribution in [0.15, 0.2) is 24.3 Å². The molecule has 15 heavy (non-hydrogen) atoms. The van der Waals surface area contributed by atoms with Crippen molar-refractivity contribution in [2.75, 3.05) is 0 Å². The first-order valence-corrected chi connectivity index (χ1v) is 4.76. The molecule has 0 spiro atoms. The Hall–Kier alpha value is -1.07. The lowest BCUT2D eigenvalue weighted by Crippen LogP contribution is -2.10. The lowest BCUT2D eigenvalue weighted by molar-refractivity contribution is 0.0695.